The van der Waals surface area contributed by atoms with E-state index in [1.807, 2.05) is 26.0 Å². The molecule has 0 saturated heterocycles. The second-order valence-electron chi connectivity index (χ2n) is 3.39. The van der Waals surface area contributed by atoms with E-state index in [1.165, 1.54) is 0 Å². The van der Waals surface area contributed by atoms with Crippen molar-refractivity contribution in [3.05, 3.63) is 40.1 Å². The minimum atomic E-state index is -0.0665. The number of H-pyrrole nitrogens is 1. The largest absolute Gasteiger partial charge is 0.325 e. The molecule has 1 rings (SSSR count). The summed E-state index contributed by atoms with van der Waals surface area (Å²) in [4.78, 5) is 14.1. The molecule has 0 bridgehead atoms. The fourth-order valence-electron chi connectivity index (χ4n) is 1.29. The Morgan fingerprint density at radius 1 is 1.64 bits per heavy atom. The van der Waals surface area contributed by atoms with Crippen LogP contribution in [-0.4, -0.2) is 9.55 Å². The summed E-state index contributed by atoms with van der Waals surface area (Å²) in [6.45, 7) is 7.72. The molecule has 14 heavy (non-hydrogen) atoms. The fraction of sp³-hybridized carbons (Fsp3) is 0.364. The lowest BCUT2D eigenvalue weighted by atomic mass is 10.2. The number of aromatic nitrogens is 2. The zero-order valence-corrected chi connectivity index (χ0v) is 8.92. The molecular formula is C11H16N2O. The van der Waals surface area contributed by atoms with Crippen molar-refractivity contribution in [1.29, 1.82) is 0 Å². The molecule has 3 nitrogen and oxygen atoms in total. The standard InChI is InChI=1S/C11H16N2O/c1-5-9-10(7-6-8(2)3)13(4)11(14)12-9/h6-7H,2,5H2,1,3-4H3,(H,12,14)/b7-6-. The summed E-state index contributed by atoms with van der Waals surface area (Å²) in [5, 5.41) is 0. The number of hydrogen-bond acceptors (Lipinski definition) is 1. The van der Waals surface area contributed by atoms with Crippen LogP contribution in [0.15, 0.2) is 23.0 Å². The van der Waals surface area contributed by atoms with Crippen molar-refractivity contribution >= 4 is 6.08 Å². The number of aryl methyl sites for hydroxylation is 1. The zero-order valence-electron chi connectivity index (χ0n) is 8.92. The van der Waals surface area contributed by atoms with Crippen LogP contribution in [0.3, 0.4) is 0 Å². The fourth-order valence-corrected chi connectivity index (χ4v) is 1.29. The minimum Gasteiger partial charge on any atom is -0.309 e. The van der Waals surface area contributed by atoms with Gasteiger partial charge in [-0.15, -0.1) is 0 Å². The minimum absolute atomic E-state index is 0.0665. The molecule has 0 saturated carbocycles. The smallest absolute Gasteiger partial charge is 0.309 e. The summed E-state index contributed by atoms with van der Waals surface area (Å²) >= 11 is 0. The van der Waals surface area contributed by atoms with Gasteiger partial charge in [0.15, 0.2) is 0 Å². The molecule has 0 unspecified atom stereocenters. The van der Waals surface area contributed by atoms with Crippen LogP contribution in [-0.2, 0) is 13.5 Å². The first-order chi connectivity index (χ1) is 6.56. The molecular weight excluding hydrogens is 176 g/mol. The summed E-state index contributed by atoms with van der Waals surface area (Å²) in [5.41, 5.74) is 2.81. The number of nitrogens with one attached hydrogen (secondary N) is 1. The Morgan fingerprint density at radius 3 is 2.79 bits per heavy atom. The first-order valence-corrected chi connectivity index (χ1v) is 4.67. The van der Waals surface area contributed by atoms with Crippen molar-refractivity contribution in [3.8, 4) is 0 Å². The quantitative estimate of drug-likeness (QED) is 0.729. The van der Waals surface area contributed by atoms with Crippen molar-refractivity contribution < 1.29 is 0 Å². The molecule has 1 heterocycles. The molecule has 0 amide bonds. The molecule has 76 valence electrons. The van der Waals surface area contributed by atoms with Crippen molar-refractivity contribution in [1.82, 2.24) is 9.55 Å². The first-order valence-electron chi connectivity index (χ1n) is 4.67. The second-order valence-corrected chi connectivity index (χ2v) is 3.39. The van der Waals surface area contributed by atoms with E-state index in [0.717, 1.165) is 23.4 Å². The molecule has 0 aliphatic heterocycles. The predicted octanol–water partition coefficient (Wildman–Crippen LogP) is 1.87. The summed E-state index contributed by atoms with van der Waals surface area (Å²) in [5.74, 6) is 0. The second kappa shape index (κ2) is 4.13. The third-order valence-corrected chi connectivity index (χ3v) is 2.11. The van der Waals surface area contributed by atoms with Gasteiger partial charge in [-0.3, -0.25) is 4.57 Å². The molecule has 0 aliphatic carbocycles. The van der Waals surface area contributed by atoms with Crippen LogP contribution in [0, 0.1) is 0 Å². The first kappa shape index (κ1) is 10.6. The van der Waals surface area contributed by atoms with Gasteiger partial charge in [-0.25, -0.2) is 4.79 Å². The SMILES string of the molecule is C=C(C)/C=C\c1c(CC)[nH]c(=O)n1C. The van der Waals surface area contributed by atoms with Crippen molar-refractivity contribution in [2.75, 3.05) is 0 Å². The average molecular weight is 192 g/mol. The molecule has 0 aliphatic rings. The van der Waals surface area contributed by atoms with Crippen LogP contribution in [0.2, 0.25) is 0 Å². The van der Waals surface area contributed by atoms with E-state index in [2.05, 4.69) is 11.6 Å². The lowest BCUT2D eigenvalue weighted by molar-refractivity contribution is 0.852. The van der Waals surface area contributed by atoms with E-state index in [4.69, 9.17) is 0 Å². The highest BCUT2D eigenvalue weighted by Crippen LogP contribution is 2.07. The molecule has 1 aromatic heterocycles. The maximum Gasteiger partial charge on any atom is 0.325 e. The van der Waals surface area contributed by atoms with E-state index >= 15 is 0 Å². The van der Waals surface area contributed by atoms with E-state index in [0.29, 0.717) is 0 Å². The number of allylic oxidation sites excluding steroid dienone is 2. The third kappa shape index (κ3) is 2.05. The Hall–Kier alpha value is -1.51. The molecule has 0 aromatic carbocycles. The van der Waals surface area contributed by atoms with Gasteiger partial charge in [0.05, 0.1) is 5.69 Å². The Morgan fingerprint density at radius 2 is 2.29 bits per heavy atom. The molecule has 1 N–H and O–H groups in total. The highest BCUT2D eigenvalue weighted by atomic mass is 16.1. The van der Waals surface area contributed by atoms with Crippen LogP contribution in [0.25, 0.3) is 6.08 Å². The normalized spacial score (nSPS) is 11.1. The molecule has 3 heteroatoms. The van der Waals surface area contributed by atoms with Gasteiger partial charge < -0.3 is 4.98 Å². The van der Waals surface area contributed by atoms with E-state index < -0.39 is 0 Å². The van der Waals surface area contributed by atoms with Crippen LogP contribution < -0.4 is 5.69 Å². The van der Waals surface area contributed by atoms with Gasteiger partial charge >= 0.3 is 5.69 Å². The summed E-state index contributed by atoms with van der Waals surface area (Å²) in [7, 11) is 1.76. The Balaban J connectivity index is 3.18. The van der Waals surface area contributed by atoms with Gasteiger partial charge in [0, 0.05) is 12.7 Å². The Labute approximate surface area is 83.8 Å². The summed E-state index contributed by atoms with van der Waals surface area (Å²) < 4.78 is 1.61. The lowest BCUT2D eigenvalue weighted by Gasteiger charge is -1.97. The number of rotatable bonds is 3. The highest BCUT2D eigenvalue weighted by Gasteiger charge is 2.05. The van der Waals surface area contributed by atoms with Gasteiger partial charge in [-0.05, 0) is 19.4 Å². The molecule has 0 spiro atoms. The topological polar surface area (TPSA) is 37.8 Å². The number of hydrogen-bond donors (Lipinski definition) is 1. The van der Waals surface area contributed by atoms with Gasteiger partial charge in [-0.1, -0.05) is 25.2 Å². The van der Waals surface area contributed by atoms with Gasteiger partial charge in [-0.2, -0.15) is 0 Å². The molecule has 0 radical (unpaired) electrons. The van der Waals surface area contributed by atoms with Crippen LogP contribution in [0.1, 0.15) is 25.2 Å². The van der Waals surface area contributed by atoms with Gasteiger partial charge in [0.25, 0.3) is 0 Å². The maximum absolute atomic E-state index is 11.3. The molecule has 0 atom stereocenters. The van der Waals surface area contributed by atoms with Crippen LogP contribution >= 0.6 is 0 Å². The monoisotopic (exact) mass is 192 g/mol. The molecule has 0 fully saturated rings. The lowest BCUT2D eigenvalue weighted by Crippen LogP contribution is -2.13. The Kier molecular flexibility index (Phi) is 3.12. The van der Waals surface area contributed by atoms with Crippen molar-refractivity contribution in [2.24, 2.45) is 7.05 Å². The van der Waals surface area contributed by atoms with E-state index in [9.17, 15) is 4.79 Å². The van der Waals surface area contributed by atoms with Crippen LogP contribution in [0.5, 0.6) is 0 Å². The van der Waals surface area contributed by atoms with E-state index in [1.54, 1.807) is 11.6 Å². The van der Waals surface area contributed by atoms with E-state index in [-0.39, 0.29) is 5.69 Å². The summed E-state index contributed by atoms with van der Waals surface area (Å²) in [6, 6.07) is 0. The summed E-state index contributed by atoms with van der Waals surface area (Å²) in [6.07, 6.45) is 4.65. The van der Waals surface area contributed by atoms with Gasteiger partial charge in [0.1, 0.15) is 0 Å². The number of nitrogens with zero attached hydrogens (tertiary/aromatic N) is 1. The average Bonchev–Trinajstić information content (AvgIpc) is 2.40. The maximum atomic E-state index is 11.3. The third-order valence-electron chi connectivity index (χ3n) is 2.11. The Bertz CT molecular complexity index is 421. The number of aromatic amines is 1. The highest BCUT2D eigenvalue weighted by molar-refractivity contribution is 5.51. The zero-order chi connectivity index (χ0) is 10.7. The predicted molar refractivity (Wildman–Crippen MR) is 59.3 cm³/mol. The van der Waals surface area contributed by atoms with Crippen molar-refractivity contribution in [3.63, 3.8) is 0 Å². The van der Waals surface area contributed by atoms with Crippen molar-refractivity contribution in [2.45, 2.75) is 20.3 Å². The number of imidazole rings is 1. The van der Waals surface area contributed by atoms with Crippen LogP contribution in [0.4, 0.5) is 0 Å². The van der Waals surface area contributed by atoms with Gasteiger partial charge in [0.2, 0.25) is 0 Å². The molecule has 1 aromatic rings.